The average molecular weight is 349 g/mol. The van der Waals surface area contributed by atoms with Gasteiger partial charge in [-0.3, -0.25) is 15.2 Å². The SMILES string of the molecule is COC(=O)C(/C=N/Nc1ccc(F)cc1F)NC(=O)c1cnccn1. The predicted molar refractivity (Wildman–Crippen MR) is 83.8 cm³/mol. The zero-order valence-electron chi connectivity index (χ0n) is 12.9. The van der Waals surface area contributed by atoms with Gasteiger partial charge in [0.1, 0.15) is 11.5 Å². The first-order chi connectivity index (χ1) is 12.0. The van der Waals surface area contributed by atoms with Gasteiger partial charge >= 0.3 is 5.97 Å². The van der Waals surface area contributed by atoms with Crippen LogP contribution in [0.4, 0.5) is 14.5 Å². The summed E-state index contributed by atoms with van der Waals surface area (Å²) in [5.41, 5.74) is 2.18. The fourth-order valence-electron chi connectivity index (χ4n) is 1.68. The van der Waals surface area contributed by atoms with E-state index in [0.717, 1.165) is 25.5 Å². The highest BCUT2D eigenvalue weighted by molar-refractivity contribution is 6.02. The van der Waals surface area contributed by atoms with Gasteiger partial charge in [0.25, 0.3) is 5.91 Å². The molecule has 1 heterocycles. The lowest BCUT2D eigenvalue weighted by Crippen LogP contribution is -2.43. The number of hydrazone groups is 1. The minimum absolute atomic E-state index is 0.0117. The first-order valence-corrected chi connectivity index (χ1v) is 6.90. The Balaban J connectivity index is 2.07. The third-order valence-electron chi connectivity index (χ3n) is 2.88. The van der Waals surface area contributed by atoms with Crippen LogP contribution in [0.25, 0.3) is 0 Å². The van der Waals surface area contributed by atoms with Gasteiger partial charge in [-0.25, -0.2) is 18.6 Å². The number of methoxy groups -OCH3 is 1. The van der Waals surface area contributed by atoms with E-state index < -0.39 is 29.6 Å². The van der Waals surface area contributed by atoms with Crippen molar-refractivity contribution in [1.82, 2.24) is 15.3 Å². The Morgan fingerprint density at radius 2 is 2.12 bits per heavy atom. The van der Waals surface area contributed by atoms with Crippen LogP contribution < -0.4 is 10.7 Å². The third kappa shape index (κ3) is 5.03. The summed E-state index contributed by atoms with van der Waals surface area (Å²) in [6.07, 6.45) is 4.92. The number of nitrogens with zero attached hydrogens (tertiary/aromatic N) is 3. The number of carbonyl (C=O) groups excluding carboxylic acids is 2. The first-order valence-electron chi connectivity index (χ1n) is 6.90. The Morgan fingerprint density at radius 1 is 1.32 bits per heavy atom. The Hall–Kier alpha value is -3.43. The van der Waals surface area contributed by atoms with Crippen LogP contribution in [0.3, 0.4) is 0 Å². The Morgan fingerprint density at radius 3 is 2.76 bits per heavy atom. The van der Waals surface area contributed by atoms with E-state index >= 15 is 0 Å². The molecule has 1 atom stereocenters. The average Bonchev–Trinajstić information content (AvgIpc) is 2.62. The lowest BCUT2D eigenvalue weighted by Gasteiger charge is -2.12. The van der Waals surface area contributed by atoms with Crippen LogP contribution in [0.5, 0.6) is 0 Å². The van der Waals surface area contributed by atoms with Gasteiger partial charge in [-0.1, -0.05) is 0 Å². The van der Waals surface area contributed by atoms with Crippen molar-refractivity contribution in [3.05, 3.63) is 54.1 Å². The van der Waals surface area contributed by atoms with Crippen LogP contribution in [0.1, 0.15) is 10.5 Å². The second-order valence-electron chi connectivity index (χ2n) is 4.58. The fraction of sp³-hybridized carbons (Fsp3) is 0.133. The molecule has 0 aliphatic heterocycles. The molecule has 0 aliphatic rings. The van der Waals surface area contributed by atoms with Gasteiger partial charge in [0.2, 0.25) is 0 Å². The molecule has 0 aliphatic carbocycles. The minimum Gasteiger partial charge on any atom is -0.467 e. The van der Waals surface area contributed by atoms with Gasteiger partial charge in [0, 0.05) is 18.5 Å². The maximum absolute atomic E-state index is 13.5. The zero-order chi connectivity index (χ0) is 18.2. The standard InChI is InChI=1S/C15H13F2N5O3/c1-25-15(24)13(21-14(23)12-7-18-4-5-19-12)8-20-22-11-3-2-9(16)6-10(11)17/h2-8,13,22H,1H3,(H,21,23)/b20-8+. The summed E-state index contributed by atoms with van der Waals surface area (Å²) in [5.74, 6) is -3.09. The summed E-state index contributed by atoms with van der Waals surface area (Å²) in [6.45, 7) is 0. The highest BCUT2D eigenvalue weighted by Crippen LogP contribution is 2.14. The molecule has 130 valence electrons. The molecule has 2 N–H and O–H groups in total. The molecule has 2 aromatic rings. The van der Waals surface area contributed by atoms with Crippen molar-refractivity contribution in [3.63, 3.8) is 0 Å². The molecule has 1 aromatic carbocycles. The van der Waals surface area contributed by atoms with E-state index in [4.69, 9.17) is 0 Å². The largest absolute Gasteiger partial charge is 0.467 e. The van der Waals surface area contributed by atoms with Crippen molar-refractivity contribution in [1.29, 1.82) is 0 Å². The second-order valence-corrected chi connectivity index (χ2v) is 4.58. The van der Waals surface area contributed by atoms with Crippen molar-refractivity contribution in [2.45, 2.75) is 6.04 Å². The lowest BCUT2D eigenvalue weighted by molar-refractivity contribution is -0.140. The van der Waals surface area contributed by atoms with Crippen molar-refractivity contribution in [2.75, 3.05) is 12.5 Å². The van der Waals surface area contributed by atoms with Gasteiger partial charge < -0.3 is 10.1 Å². The van der Waals surface area contributed by atoms with E-state index in [-0.39, 0.29) is 11.4 Å². The summed E-state index contributed by atoms with van der Waals surface area (Å²) in [4.78, 5) is 31.2. The molecule has 0 radical (unpaired) electrons. The van der Waals surface area contributed by atoms with Crippen LogP contribution in [-0.4, -0.2) is 41.2 Å². The number of aromatic nitrogens is 2. The molecular weight excluding hydrogens is 336 g/mol. The van der Waals surface area contributed by atoms with E-state index in [2.05, 4.69) is 30.5 Å². The smallest absolute Gasteiger partial charge is 0.334 e. The molecule has 10 heteroatoms. The minimum atomic E-state index is -1.25. The summed E-state index contributed by atoms with van der Waals surface area (Å²) in [6, 6.07) is 1.59. The molecule has 1 amide bonds. The third-order valence-corrected chi connectivity index (χ3v) is 2.88. The van der Waals surface area contributed by atoms with Gasteiger partial charge in [0.05, 0.1) is 25.2 Å². The van der Waals surface area contributed by atoms with E-state index in [1.165, 1.54) is 18.6 Å². The number of rotatable bonds is 6. The molecule has 8 nitrogen and oxygen atoms in total. The Kier molecular flexibility index (Phi) is 6.04. The molecule has 25 heavy (non-hydrogen) atoms. The molecule has 0 saturated heterocycles. The van der Waals surface area contributed by atoms with Crippen LogP contribution in [0.15, 0.2) is 41.9 Å². The summed E-state index contributed by atoms with van der Waals surface area (Å²) < 4.78 is 30.9. The molecule has 0 fully saturated rings. The molecule has 1 aromatic heterocycles. The fourth-order valence-corrected chi connectivity index (χ4v) is 1.68. The van der Waals surface area contributed by atoms with Gasteiger partial charge in [-0.15, -0.1) is 0 Å². The van der Waals surface area contributed by atoms with E-state index in [1.807, 2.05) is 0 Å². The number of amides is 1. The van der Waals surface area contributed by atoms with E-state index in [9.17, 15) is 18.4 Å². The van der Waals surface area contributed by atoms with Crippen molar-refractivity contribution in [2.24, 2.45) is 5.10 Å². The van der Waals surface area contributed by atoms with Crippen molar-refractivity contribution in [3.8, 4) is 0 Å². The van der Waals surface area contributed by atoms with Crippen molar-refractivity contribution >= 4 is 23.8 Å². The molecule has 1 unspecified atom stereocenters. The number of carbonyl (C=O) groups is 2. The molecular formula is C15H13F2N5O3. The molecule has 0 saturated carbocycles. The number of halogens is 2. The maximum atomic E-state index is 13.5. The van der Waals surface area contributed by atoms with Crippen LogP contribution in [0.2, 0.25) is 0 Å². The van der Waals surface area contributed by atoms with Gasteiger partial charge in [0.15, 0.2) is 11.9 Å². The van der Waals surface area contributed by atoms with Crippen LogP contribution in [-0.2, 0) is 9.53 Å². The number of nitrogens with one attached hydrogen (secondary N) is 2. The normalized spacial score (nSPS) is 11.8. The van der Waals surface area contributed by atoms with Crippen LogP contribution >= 0.6 is 0 Å². The maximum Gasteiger partial charge on any atom is 0.334 e. The Bertz CT molecular complexity index is 786. The summed E-state index contributed by atoms with van der Waals surface area (Å²) in [7, 11) is 1.13. The number of benzene rings is 1. The molecule has 0 bridgehead atoms. The highest BCUT2D eigenvalue weighted by Gasteiger charge is 2.21. The van der Waals surface area contributed by atoms with E-state index in [0.29, 0.717) is 6.07 Å². The lowest BCUT2D eigenvalue weighted by atomic mass is 10.3. The number of anilines is 1. The second kappa shape index (κ2) is 8.43. The topological polar surface area (TPSA) is 106 Å². The van der Waals surface area contributed by atoms with Gasteiger partial charge in [-0.2, -0.15) is 5.10 Å². The number of ether oxygens (including phenoxy) is 1. The number of hydrogen-bond donors (Lipinski definition) is 2. The molecule has 2 rings (SSSR count). The van der Waals surface area contributed by atoms with Gasteiger partial charge in [-0.05, 0) is 12.1 Å². The summed E-state index contributed by atoms with van der Waals surface area (Å²) >= 11 is 0. The van der Waals surface area contributed by atoms with E-state index in [1.54, 1.807) is 0 Å². The number of hydrogen-bond acceptors (Lipinski definition) is 7. The highest BCUT2D eigenvalue weighted by atomic mass is 19.1. The predicted octanol–water partition coefficient (Wildman–Crippen LogP) is 1.12. The quantitative estimate of drug-likeness (QED) is 0.460. The monoisotopic (exact) mass is 349 g/mol. The number of esters is 1. The summed E-state index contributed by atoms with van der Waals surface area (Å²) in [5, 5.41) is 5.99. The van der Waals surface area contributed by atoms with Crippen LogP contribution in [0, 0.1) is 11.6 Å². The van der Waals surface area contributed by atoms with Crippen molar-refractivity contribution < 1.29 is 23.1 Å². The Labute approximate surface area is 140 Å². The molecule has 0 spiro atoms. The first kappa shape index (κ1) is 17.9. The zero-order valence-corrected chi connectivity index (χ0v) is 12.9.